The Morgan fingerprint density at radius 1 is 0.756 bits per heavy atom. The van der Waals surface area contributed by atoms with E-state index in [0.29, 0.717) is 32.1 Å². The Morgan fingerprint density at radius 3 is 2.12 bits per heavy atom. The second kappa shape index (κ2) is 19.2. The summed E-state index contributed by atoms with van der Waals surface area (Å²) in [7, 11) is 0. The number of aryl methyl sites for hydroxylation is 1. The lowest BCUT2D eigenvalue weighted by molar-refractivity contribution is 0.303. The summed E-state index contributed by atoms with van der Waals surface area (Å²) in [6, 6.07) is 5.99. The zero-order valence-electron chi connectivity index (χ0n) is 26.9. The molecule has 41 heavy (non-hydrogen) atoms. The monoisotopic (exact) mass is 565 g/mol. The van der Waals surface area contributed by atoms with Crippen LogP contribution in [0.2, 0.25) is 0 Å². The second-order valence-corrected chi connectivity index (χ2v) is 11.5. The van der Waals surface area contributed by atoms with Crippen molar-refractivity contribution in [3.8, 4) is 17.2 Å². The highest BCUT2D eigenvalue weighted by atomic mass is 16.5. The molecule has 1 heterocycles. The van der Waals surface area contributed by atoms with Crippen molar-refractivity contribution < 1.29 is 14.2 Å². The third kappa shape index (κ3) is 12.2. The largest absolute Gasteiger partial charge is 0.494 e. The first-order valence-electron chi connectivity index (χ1n) is 15.8. The maximum atomic E-state index is 14.0. The van der Waals surface area contributed by atoms with Crippen LogP contribution < -0.4 is 19.8 Å². The van der Waals surface area contributed by atoms with Crippen LogP contribution in [0.25, 0.3) is 10.9 Å². The van der Waals surface area contributed by atoms with Gasteiger partial charge in [-0.25, -0.2) is 0 Å². The van der Waals surface area contributed by atoms with Crippen molar-refractivity contribution in [3.05, 3.63) is 63.5 Å². The highest BCUT2D eigenvalue weighted by Gasteiger charge is 2.20. The normalized spacial score (nSPS) is 11.4. The van der Waals surface area contributed by atoms with Crippen molar-refractivity contribution in [3.63, 3.8) is 0 Å². The fourth-order valence-corrected chi connectivity index (χ4v) is 4.59. The van der Waals surface area contributed by atoms with E-state index in [2.05, 4.69) is 46.8 Å². The summed E-state index contributed by atoms with van der Waals surface area (Å²) < 4.78 is 20.4. The summed E-state index contributed by atoms with van der Waals surface area (Å²) in [4.78, 5) is 14.0. The van der Waals surface area contributed by atoms with Crippen molar-refractivity contribution in [2.45, 2.75) is 119 Å². The summed E-state index contributed by atoms with van der Waals surface area (Å²) >= 11 is 0. The van der Waals surface area contributed by atoms with Crippen LogP contribution in [-0.2, 0) is 6.54 Å². The molecule has 0 aliphatic carbocycles. The molecule has 0 saturated heterocycles. The lowest BCUT2D eigenvalue weighted by Crippen LogP contribution is -2.24. The Morgan fingerprint density at radius 2 is 1.41 bits per heavy atom. The number of ether oxygens (including phenoxy) is 3. The molecule has 5 nitrogen and oxygen atoms in total. The Hall–Kier alpha value is -2.95. The van der Waals surface area contributed by atoms with Crippen molar-refractivity contribution in [1.82, 2.24) is 4.57 Å². The highest BCUT2D eigenvalue weighted by molar-refractivity contribution is 5.89. The van der Waals surface area contributed by atoms with Crippen molar-refractivity contribution >= 4 is 10.9 Å². The van der Waals surface area contributed by atoms with Gasteiger partial charge in [0.15, 0.2) is 5.75 Å². The van der Waals surface area contributed by atoms with Gasteiger partial charge in [-0.1, -0.05) is 75.2 Å². The summed E-state index contributed by atoms with van der Waals surface area (Å²) in [5.74, 6) is 1.58. The van der Waals surface area contributed by atoms with Gasteiger partial charge in [0, 0.05) is 18.0 Å². The number of nitrogens with zero attached hydrogens (tertiary/aromatic N) is 1. The molecule has 0 atom stereocenters. The fraction of sp³-hybridized carbons (Fsp3) is 0.583. The molecule has 2 aromatic rings. The summed E-state index contributed by atoms with van der Waals surface area (Å²) in [5.41, 5.74) is 4.44. The maximum Gasteiger partial charge on any atom is 0.297 e. The number of aromatic nitrogens is 1. The molecule has 2 rings (SSSR count). The minimum atomic E-state index is -0.141. The van der Waals surface area contributed by atoms with Crippen LogP contribution in [0.5, 0.6) is 17.2 Å². The van der Waals surface area contributed by atoms with Gasteiger partial charge in [-0.2, -0.15) is 0 Å². The number of unbranched alkanes of at least 4 members (excludes halogenated alkanes) is 6. The first kappa shape index (κ1) is 34.3. The van der Waals surface area contributed by atoms with Gasteiger partial charge in [0.25, 0.3) is 5.56 Å². The number of benzene rings is 1. The first-order valence-corrected chi connectivity index (χ1v) is 15.8. The molecule has 0 radical (unpaired) electrons. The van der Waals surface area contributed by atoms with Gasteiger partial charge in [-0.15, -0.1) is 0 Å². The lowest BCUT2D eigenvalue weighted by Gasteiger charge is -2.19. The second-order valence-electron chi connectivity index (χ2n) is 11.5. The van der Waals surface area contributed by atoms with E-state index in [-0.39, 0.29) is 11.3 Å². The van der Waals surface area contributed by atoms with Crippen LogP contribution in [0.3, 0.4) is 0 Å². The van der Waals surface area contributed by atoms with E-state index in [1.165, 1.54) is 36.8 Å². The van der Waals surface area contributed by atoms with E-state index in [9.17, 15) is 4.79 Å². The van der Waals surface area contributed by atoms with Crippen molar-refractivity contribution in [1.29, 1.82) is 0 Å². The number of pyridine rings is 1. The average Bonchev–Trinajstić information content (AvgIpc) is 2.93. The van der Waals surface area contributed by atoms with Gasteiger partial charge in [-0.3, -0.25) is 4.79 Å². The quantitative estimate of drug-likeness (QED) is 0.118. The van der Waals surface area contributed by atoms with Crippen molar-refractivity contribution in [2.24, 2.45) is 0 Å². The Labute approximate surface area is 249 Å². The number of hydrogen-bond donors (Lipinski definition) is 0. The van der Waals surface area contributed by atoms with E-state index in [1.54, 1.807) is 0 Å². The molecule has 1 aromatic heterocycles. The van der Waals surface area contributed by atoms with Gasteiger partial charge in [-0.05, 0) is 84.6 Å². The minimum Gasteiger partial charge on any atom is -0.494 e. The Balaban J connectivity index is 2.48. The van der Waals surface area contributed by atoms with Crippen LogP contribution in [-0.4, -0.2) is 24.4 Å². The third-order valence-electron chi connectivity index (χ3n) is 7.12. The third-order valence-corrected chi connectivity index (χ3v) is 7.12. The Bertz CT molecular complexity index is 1210. The van der Waals surface area contributed by atoms with E-state index < -0.39 is 0 Å². The zero-order valence-corrected chi connectivity index (χ0v) is 26.9. The lowest BCUT2D eigenvalue weighted by atomic mass is 10.1. The molecule has 0 fully saturated rings. The van der Waals surface area contributed by atoms with Gasteiger partial charge < -0.3 is 18.8 Å². The molecule has 1 aromatic carbocycles. The number of rotatable bonds is 20. The standard InChI is InChI=1S/C36H55NO4/c1-8-10-12-13-14-15-23-37-33-27-31(39-24-11-9-2)19-20-32(33)34(35(36(37)38)41-25-21-29(5)6)40-26-22-30(7)18-16-17-28(3)4/h17,19-22,27H,8-16,18,23-26H2,1-7H3/b30-22+. The zero-order chi connectivity index (χ0) is 30.0. The molecule has 228 valence electrons. The van der Waals surface area contributed by atoms with Crippen molar-refractivity contribution in [2.75, 3.05) is 19.8 Å². The predicted molar refractivity (Wildman–Crippen MR) is 175 cm³/mol. The average molecular weight is 566 g/mol. The Kier molecular flexibility index (Phi) is 16.1. The van der Waals surface area contributed by atoms with Crippen LogP contribution in [0, 0.1) is 0 Å². The molecular weight excluding hydrogens is 510 g/mol. The number of fused-ring (bicyclic) bond motifs is 1. The maximum absolute atomic E-state index is 14.0. The van der Waals surface area contributed by atoms with E-state index in [0.717, 1.165) is 60.8 Å². The van der Waals surface area contributed by atoms with Crippen LogP contribution in [0.15, 0.2) is 57.9 Å². The molecule has 0 bridgehead atoms. The highest BCUT2D eigenvalue weighted by Crippen LogP contribution is 2.35. The molecular formula is C36H55NO4. The number of hydrogen-bond acceptors (Lipinski definition) is 4. The SMILES string of the molecule is CCCCCCCCn1c(=O)c(OCC=C(C)C)c(OC/C=C(\C)CCC=C(C)C)c2ccc(OCCCC)cc21. The van der Waals surface area contributed by atoms with Crippen LogP contribution in [0.4, 0.5) is 0 Å². The van der Waals surface area contributed by atoms with E-state index >= 15 is 0 Å². The molecule has 0 aliphatic heterocycles. The topological polar surface area (TPSA) is 49.7 Å². The molecule has 0 saturated carbocycles. The molecule has 5 heteroatoms. The summed E-state index contributed by atoms with van der Waals surface area (Å²) in [6.45, 7) is 16.8. The predicted octanol–water partition coefficient (Wildman–Crippen LogP) is 9.96. The van der Waals surface area contributed by atoms with Gasteiger partial charge in [0.1, 0.15) is 19.0 Å². The fourth-order valence-electron chi connectivity index (χ4n) is 4.59. The van der Waals surface area contributed by atoms with Gasteiger partial charge >= 0.3 is 0 Å². The summed E-state index contributed by atoms with van der Waals surface area (Å²) in [5, 5.41) is 0.876. The molecule has 0 spiro atoms. The van der Waals surface area contributed by atoms with E-state index in [1.807, 2.05) is 42.7 Å². The molecule has 0 aliphatic rings. The van der Waals surface area contributed by atoms with Crippen LogP contribution in [0.1, 0.15) is 113 Å². The summed E-state index contributed by atoms with van der Waals surface area (Å²) in [6.07, 6.45) is 17.4. The van der Waals surface area contributed by atoms with Gasteiger partial charge in [0.05, 0.1) is 12.1 Å². The first-order chi connectivity index (χ1) is 19.8. The van der Waals surface area contributed by atoms with Crippen LogP contribution >= 0.6 is 0 Å². The van der Waals surface area contributed by atoms with Gasteiger partial charge in [0.2, 0.25) is 5.75 Å². The molecule has 0 N–H and O–H groups in total. The molecule has 0 unspecified atom stereocenters. The minimum absolute atomic E-state index is 0.141. The van der Waals surface area contributed by atoms with E-state index in [4.69, 9.17) is 14.2 Å². The smallest absolute Gasteiger partial charge is 0.297 e. The number of allylic oxidation sites excluding steroid dienone is 4. The molecule has 0 amide bonds.